The first-order valence-electron chi connectivity index (χ1n) is 6.06. The van der Waals surface area contributed by atoms with Crippen LogP contribution in [0.2, 0.25) is 0 Å². The third kappa shape index (κ3) is 3.72. The maximum absolute atomic E-state index is 6.68. The van der Waals surface area contributed by atoms with Gasteiger partial charge >= 0.3 is 0 Å². The van der Waals surface area contributed by atoms with Gasteiger partial charge in [-0.1, -0.05) is 29.8 Å². The van der Waals surface area contributed by atoms with Crippen LogP contribution in [0.1, 0.15) is 6.42 Å². The minimum Gasteiger partial charge on any atom is -0.370 e. The molecule has 0 aromatic carbocycles. The molecular weight excluding hydrogens is 283 g/mol. The predicted octanol–water partition coefficient (Wildman–Crippen LogP) is 3.51. The molecule has 0 amide bonds. The largest absolute Gasteiger partial charge is 0.370 e. The number of hydrogen-bond acceptors (Lipinski definition) is 2. The Balaban J connectivity index is 2.12. The van der Waals surface area contributed by atoms with Crippen LogP contribution in [-0.2, 0) is 11.3 Å². The first-order chi connectivity index (χ1) is 9.14. The molecule has 2 unspecified atom stereocenters. The van der Waals surface area contributed by atoms with E-state index in [-0.39, 0.29) is 6.10 Å². The summed E-state index contributed by atoms with van der Waals surface area (Å²) < 4.78 is 7.77. The molecule has 0 N–H and O–H groups in total. The minimum absolute atomic E-state index is 0.182. The molecule has 2 rings (SSSR count). The van der Waals surface area contributed by atoms with Crippen LogP contribution in [0.25, 0.3) is 0 Å². The van der Waals surface area contributed by atoms with Gasteiger partial charge in [-0.2, -0.15) is 0 Å². The lowest BCUT2D eigenvalue weighted by Crippen LogP contribution is -2.40. The number of hydrogen-bond donors (Lipinski definition) is 0. The van der Waals surface area contributed by atoms with Crippen LogP contribution in [0.3, 0.4) is 0 Å². The molecule has 3 nitrogen and oxygen atoms in total. The van der Waals surface area contributed by atoms with Gasteiger partial charge in [0.25, 0.3) is 0 Å². The zero-order chi connectivity index (χ0) is 13.7. The molecule has 0 saturated carbocycles. The summed E-state index contributed by atoms with van der Waals surface area (Å²) >= 11 is 12.6. The van der Waals surface area contributed by atoms with Crippen LogP contribution < -0.4 is 0 Å². The summed E-state index contributed by atoms with van der Waals surface area (Å²) in [6, 6.07) is 0. The van der Waals surface area contributed by atoms with Crippen molar-refractivity contribution in [2.75, 3.05) is 6.61 Å². The minimum atomic E-state index is -0.592. The predicted molar refractivity (Wildman–Crippen MR) is 78.4 cm³/mol. The number of rotatable bonds is 6. The van der Waals surface area contributed by atoms with Gasteiger partial charge in [-0.05, 0) is 12.5 Å². The van der Waals surface area contributed by atoms with E-state index in [4.69, 9.17) is 27.9 Å². The van der Waals surface area contributed by atoms with E-state index in [1.54, 1.807) is 18.6 Å². The fraction of sp³-hybridized carbons (Fsp3) is 0.357. The highest BCUT2D eigenvalue weighted by Crippen LogP contribution is 2.34. The summed E-state index contributed by atoms with van der Waals surface area (Å²) in [7, 11) is 0. The van der Waals surface area contributed by atoms with E-state index in [2.05, 4.69) is 11.6 Å². The van der Waals surface area contributed by atoms with Crippen molar-refractivity contribution in [2.45, 2.75) is 23.9 Å². The van der Waals surface area contributed by atoms with Crippen LogP contribution in [0.4, 0.5) is 0 Å². The van der Waals surface area contributed by atoms with E-state index in [1.165, 1.54) is 0 Å². The number of alkyl halides is 1. The fourth-order valence-electron chi connectivity index (χ4n) is 1.96. The van der Waals surface area contributed by atoms with E-state index in [0.717, 1.165) is 0 Å². The molecule has 0 aliphatic heterocycles. The summed E-state index contributed by atoms with van der Waals surface area (Å²) in [6.45, 7) is 4.76. The number of allylic oxidation sites excluding steroid dienone is 3. The van der Waals surface area contributed by atoms with Gasteiger partial charge in [0.1, 0.15) is 0 Å². The molecule has 0 radical (unpaired) electrons. The Morgan fingerprint density at radius 1 is 1.63 bits per heavy atom. The second-order valence-corrected chi connectivity index (χ2v) is 5.56. The smallest absolute Gasteiger partial charge is 0.0988 e. The zero-order valence-corrected chi connectivity index (χ0v) is 12.0. The van der Waals surface area contributed by atoms with E-state index in [1.807, 2.05) is 29.0 Å². The third-order valence-corrected chi connectivity index (χ3v) is 3.82. The average molecular weight is 299 g/mol. The van der Waals surface area contributed by atoms with Gasteiger partial charge in [-0.25, -0.2) is 4.98 Å². The lowest BCUT2D eigenvalue weighted by Gasteiger charge is -2.33. The molecule has 1 heterocycles. The fourth-order valence-corrected chi connectivity index (χ4v) is 2.37. The first-order valence-corrected chi connectivity index (χ1v) is 6.82. The number of halogens is 2. The zero-order valence-electron chi connectivity index (χ0n) is 10.5. The summed E-state index contributed by atoms with van der Waals surface area (Å²) in [5, 5.41) is 0.710. The average Bonchev–Trinajstić information content (AvgIpc) is 2.91. The first kappa shape index (κ1) is 14.4. The van der Waals surface area contributed by atoms with Crippen molar-refractivity contribution >= 4 is 23.2 Å². The van der Waals surface area contributed by atoms with Gasteiger partial charge in [-0.15, -0.1) is 18.2 Å². The number of aromatic nitrogens is 2. The molecule has 0 bridgehead atoms. The highest BCUT2D eigenvalue weighted by atomic mass is 35.5. The molecule has 1 aromatic rings. The van der Waals surface area contributed by atoms with E-state index < -0.39 is 4.87 Å². The lowest BCUT2D eigenvalue weighted by atomic mass is 9.93. The quantitative estimate of drug-likeness (QED) is 0.593. The van der Waals surface area contributed by atoms with Crippen LogP contribution in [0.5, 0.6) is 0 Å². The lowest BCUT2D eigenvalue weighted by molar-refractivity contribution is 0.0407. The molecule has 19 heavy (non-hydrogen) atoms. The Hall–Kier alpha value is -1.03. The van der Waals surface area contributed by atoms with Gasteiger partial charge in [0.05, 0.1) is 30.5 Å². The number of imidazole rings is 1. The van der Waals surface area contributed by atoms with Crippen molar-refractivity contribution in [3.63, 3.8) is 0 Å². The van der Waals surface area contributed by atoms with Gasteiger partial charge in [0.15, 0.2) is 0 Å². The molecule has 2 atom stereocenters. The molecule has 1 aliphatic carbocycles. The number of nitrogens with zero attached hydrogens (tertiary/aromatic N) is 2. The monoisotopic (exact) mass is 298 g/mol. The molecule has 1 aromatic heterocycles. The van der Waals surface area contributed by atoms with Crippen molar-refractivity contribution in [1.29, 1.82) is 0 Å². The van der Waals surface area contributed by atoms with Crippen molar-refractivity contribution in [3.05, 3.63) is 54.6 Å². The Labute approximate surface area is 123 Å². The normalized spacial score (nSPS) is 24.0. The summed E-state index contributed by atoms with van der Waals surface area (Å²) in [5.41, 5.74) is 0. The van der Waals surface area contributed by atoms with E-state index in [0.29, 0.717) is 24.6 Å². The van der Waals surface area contributed by atoms with Crippen molar-refractivity contribution in [2.24, 2.45) is 0 Å². The van der Waals surface area contributed by atoms with Crippen molar-refractivity contribution in [3.8, 4) is 0 Å². The molecule has 0 spiro atoms. The standard InChI is InChI=1S/C14H16Cl2N2O/c1-2-9-19-13(10-18-8-7-17-11-18)14(16)5-3-12(15)4-6-14/h2-5,7-8,11,13H,1,6,9-10H2. The highest BCUT2D eigenvalue weighted by molar-refractivity contribution is 6.32. The van der Waals surface area contributed by atoms with Crippen LogP contribution in [0.15, 0.2) is 54.6 Å². The summed E-state index contributed by atoms with van der Waals surface area (Å²) in [4.78, 5) is 3.44. The molecule has 102 valence electrons. The summed E-state index contributed by atoms with van der Waals surface area (Å²) in [5.74, 6) is 0. The maximum atomic E-state index is 6.68. The molecule has 5 heteroatoms. The SMILES string of the molecule is C=CCOC(Cn1ccnc1)C1(Cl)C=CC(Cl)=CC1. The molecule has 0 saturated heterocycles. The molecular formula is C14H16Cl2N2O. The third-order valence-electron chi connectivity index (χ3n) is 3.02. The number of ether oxygens (including phenoxy) is 1. The summed E-state index contributed by atoms with van der Waals surface area (Å²) in [6.07, 6.45) is 13.2. The van der Waals surface area contributed by atoms with Crippen LogP contribution >= 0.6 is 23.2 Å². The van der Waals surface area contributed by atoms with Crippen LogP contribution in [-0.4, -0.2) is 27.1 Å². The van der Waals surface area contributed by atoms with Gasteiger partial charge in [0.2, 0.25) is 0 Å². The highest BCUT2D eigenvalue weighted by Gasteiger charge is 2.36. The maximum Gasteiger partial charge on any atom is 0.0988 e. The van der Waals surface area contributed by atoms with Crippen molar-refractivity contribution in [1.82, 2.24) is 9.55 Å². The van der Waals surface area contributed by atoms with E-state index in [9.17, 15) is 0 Å². The van der Waals surface area contributed by atoms with Gasteiger partial charge in [-0.3, -0.25) is 0 Å². The van der Waals surface area contributed by atoms with Gasteiger partial charge < -0.3 is 9.30 Å². The Morgan fingerprint density at radius 2 is 2.47 bits per heavy atom. The van der Waals surface area contributed by atoms with Gasteiger partial charge in [0, 0.05) is 17.4 Å². The Morgan fingerprint density at radius 3 is 3.05 bits per heavy atom. The second-order valence-electron chi connectivity index (χ2n) is 4.42. The molecule has 1 aliphatic rings. The Kier molecular flexibility index (Phi) is 4.86. The topological polar surface area (TPSA) is 27.1 Å². The van der Waals surface area contributed by atoms with E-state index >= 15 is 0 Å². The Bertz CT molecular complexity index is 482. The van der Waals surface area contributed by atoms with Crippen molar-refractivity contribution < 1.29 is 4.74 Å². The van der Waals surface area contributed by atoms with Crippen LogP contribution in [0, 0.1) is 0 Å². The molecule has 0 fully saturated rings. The second kappa shape index (κ2) is 6.42.